The van der Waals surface area contributed by atoms with Crippen molar-refractivity contribution in [3.8, 4) is 5.75 Å². The highest BCUT2D eigenvalue weighted by Crippen LogP contribution is 2.25. The Morgan fingerprint density at radius 2 is 1.80 bits per heavy atom. The molecule has 108 valence electrons. The van der Waals surface area contributed by atoms with E-state index in [-0.39, 0.29) is 24.3 Å². The normalized spacial score (nSPS) is 14.3. The zero-order valence-electron chi connectivity index (χ0n) is 11.9. The number of carbonyl (C=O) groups excluding carboxylic acids is 2. The van der Waals surface area contributed by atoms with Gasteiger partial charge in [-0.15, -0.1) is 0 Å². The fraction of sp³-hybridized carbons (Fsp3) is 0.467. The average Bonchev–Trinajstić information content (AvgIpc) is 2.30. The quantitative estimate of drug-likeness (QED) is 0.821. The van der Waals surface area contributed by atoms with E-state index in [1.165, 1.54) is 0 Å². The third-order valence-electron chi connectivity index (χ3n) is 3.37. The van der Waals surface area contributed by atoms with Gasteiger partial charge in [0, 0.05) is 5.92 Å². The molecule has 1 aromatic rings. The first-order valence-corrected chi connectivity index (χ1v) is 6.84. The van der Waals surface area contributed by atoms with Crippen LogP contribution in [0.25, 0.3) is 0 Å². The van der Waals surface area contributed by atoms with Gasteiger partial charge in [0.1, 0.15) is 5.75 Å². The van der Waals surface area contributed by atoms with Crippen LogP contribution in [-0.2, 0) is 9.59 Å². The predicted octanol–water partition coefficient (Wildman–Crippen LogP) is 1.63. The molecule has 20 heavy (non-hydrogen) atoms. The zero-order valence-corrected chi connectivity index (χ0v) is 11.9. The molecule has 0 saturated heterocycles. The highest BCUT2D eigenvalue weighted by atomic mass is 16.5. The van der Waals surface area contributed by atoms with Crippen LogP contribution in [0.3, 0.4) is 0 Å². The second-order valence-electron chi connectivity index (χ2n) is 5.28. The van der Waals surface area contributed by atoms with E-state index < -0.39 is 0 Å². The average molecular weight is 276 g/mol. The first kappa shape index (κ1) is 14.4. The molecule has 1 aliphatic rings. The third kappa shape index (κ3) is 3.98. The lowest BCUT2D eigenvalue weighted by atomic mass is 9.85. The van der Waals surface area contributed by atoms with E-state index in [1.807, 2.05) is 32.0 Å². The van der Waals surface area contributed by atoms with Crippen LogP contribution in [0.15, 0.2) is 18.2 Å². The van der Waals surface area contributed by atoms with Crippen molar-refractivity contribution >= 4 is 11.8 Å². The molecule has 2 N–H and O–H groups in total. The summed E-state index contributed by atoms with van der Waals surface area (Å²) in [5.41, 5.74) is 6.96. The van der Waals surface area contributed by atoms with Gasteiger partial charge in [0.2, 0.25) is 5.91 Å². The molecule has 0 spiro atoms. The maximum absolute atomic E-state index is 11.6. The Bertz CT molecular complexity index is 490. The molecule has 1 aromatic carbocycles. The van der Waals surface area contributed by atoms with E-state index in [4.69, 9.17) is 4.74 Å². The Balaban J connectivity index is 1.72. The van der Waals surface area contributed by atoms with Gasteiger partial charge in [-0.25, -0.2) is 0 Å². The largest absolute Gasteiger partial charge is 0.484 e. The molecule has 5 heteroatoms. The highest BCUT2D eigenvalue weighted by molar-refractivity contribution is 5.84. The van der Waals surface area contributed by atoms with Crippen molar-refractivity contribution < 1.29 is 14.3 Å². The SMILES string of the molecule is Cc1cc(C)cc(OCC(=O)NNC(=O)C2CCC2)c1. The number of aryl methyl sites for hydroxylation is 2. The standard InChI is InChI=1S/C15H20N2O3/c1-10-6-11(2)8-13(7-10)20-9-14(18)16-17-15(19)12-4-3-5-12/h6-8,12H,3-5,9H2,1-2H3,(H,16,18)(H,17,19). The van der Waals surface area contributed by atoms with Gasteiger partial charge in [0.05, 0.1) is 0 Å². The van der Waals surface area contributed by atoms with Crippen molar-refractivity contribution in [1.82, 2.24) is 10.9 Å². The Morgan fingerprint density at radius 1 is 1.15 bits per heavy atom. The van der Waals surface area contributed by atoms with E-state index in [9.17, 15) is 9.59 Å². The molecular weight excluding hydrogens is 256 g/mol. The number of rotatable bonds is 4. The number of hydrazine groups is 1. The summed E-state index contributed by atoms with van der Waals surface area (Å²) >= 11 is 0. The number of nitrogens with one attached hydrogen (secondary N) is 2. The summed E-state index contributed by atoms with van der Waals surface area (Å²) < 4.78 is 5.40. The molecule has 0 aromatic heterocycles. The molecule has 1 aliphatic carbocycles. The van der Waals surface area contributed by atoms with E-state index in [1.54, 1.807) is 0 Å². The summed E-state index contributed by atoms with van der Waals surface area (Å²) in [6, 6.07) is 5.77. The van der Waals surface area contributed by atoms with Crippen molar-refractivity contribution in [2.45, 2.75) is 33.1 Å². The molecule has 1 fully saturated rings. The van der Waals surface area contributed by atoms with E-state index in [0.29, 0.717) is 5.75 Å². The molecule has 0 unspecified atom stereocenters. The molecule has 0 bridgehead atoms. The fourth-order valence-electron chi connectivity index (χ4n) is 2.11. The van der Waals surface area contributed by atoms with Crippen LogP contribution in [0.1, 0.15) is 30.4 Å². The van der Waals surface area contributed by atoms with Crippen LogP contribution in [0, 0.1) is 19.8 Å². The topological polar surface area (TPSA) is 67.4 Å². The smallest absolute Gasteiger partial charge is 0.276 e. The minimum absolute atomic E-state index is 0.0515. The number of amides is 2. The van der Waals surface area contributed by atoms with Gasteiger partial charge in [-0.1, -0.05) is 12.5 Å². The third-order valence-corrected chi connectivity index (χ3v) is 3.37. The van der Waals surface area contributed by atoms with Crippen LogP contribution in [-0.4, -0.2) is 18.4 Å². The molecule has 2 rings (SSSR count). The van der Waals surface area contributed by atoms with E-state index in [2.05, 4.69) is 10.9 Å². The van der Waals surface area contributed by atoms with Gasteiger partial charge in [-0.3, -0.25) is 20.4 Å². The molecular formula is C15H20N2O3. The van der Waals surface area contributed by atoms with Crippen molar-refractivity contribution in [3.05, 3.63) is 29.3 Å². The minimum Gasteiger partial charge on any atom is -0.484 e. The second-order valence-corrected chi connectivity index (χ2v) is 5.28. The molecule has 1 saturated carbocycles. The van der Waals surface area contributed by atoms with E-state index >= 15 is 0 Å². The Hall–Kier alpha value is -2.04. The first-order chi connectivity index (χ1) is 9.54. The van der Waals surface area contributed by atoms with Crippen molar-refractivity contribution in [3.63, 3.8) is 0 Å². The van der Waals surface area contributed by atoms with Crippen molar-refractivity contribution in [2.24, 2.45) is 5.92 Å². The molecule has 0 aliphatic heterocycles. The molecule has 0 atom stereocenters. The van der Waals surface area contributed by atoms with Crippen LogP contribution >= 0.6 is 0 Å². The lowest BCUT2D eigenvalue weighted by molar-refractivity contribution is -0.133. The summed E-state index contributed by atoms with van der Waals surface area (Å²) in [5, 5.41) is 0. The Labute approximate surface area is 118 Å². The number of carbonyl (C=O) groups is 2. The Kier molecular flexibility index (Phi) is 4.61. The zero-order chi connectivity index (χ0) is 14.5. The van der Waals surface area contributed by atoms with Gasteiger partial charge in [-0.05, 0) is 49.9 Å². The second kappa shape index (κ2) is 6.41. The van der Waals surface area contributed by atoms with Crippen LogP contribution < -0.4 is 15.6 Å². The predicted molar refractivity (Wildman–Crippen MR) is 75.0 cm³/mol. The van der Waals surface area contributed by atoms with Crippen molar-refractivity contribution in [1.29, 1.82) is 0 Å². The molecule has 5 nitrogen and oxygen atoms in total. The van der Waals surface area contributed by atoms with Gasteiger partial charge < -0.3 is 4.74 Å². The van der Waals surface area contributed by atoms with Crippen LogP contribution in [0.4, 0.5) is 0 Å². The lowest BCUT2D eigenvalue weighted by Gasteiger charge is -2.23. The fourth-order valence-corrected chi connectivity index (χ4v) is 2.11. The highest BCUT2D eigenvalue weighted by Gasteiger charge is 2.25. The molecule has 0 radical (unpaired) electrons. The van der Waals surface area contributed by atoms with Crippen LogP contribution in [0.2, 0.25) is 0 Å². The monoisotopic (exact) mass is 276 g/mol. The summed E-state index contributed by atoms with van der Waals surface area (Å²) in [4.78, 5) is 23.1. The first-order valence-electron chi connectivity index (χ1n) is 6.84. The van der Waals surface area contributed by atoms with Crippen molar-refractivity contribution in [2.75, 3.05) is 6.61 Å². The summed E-state index contributed by atoms with van der Waals surface area (Å²) in [6.07, 6.45) is 2.89. The molecule has 2 amide bonds. The number of hydrogen-bond donors (Lipinski definition) is 2. The summed E-state index contributed by atoms with van der Waals surface area (Å²) in [5.74, 6) is 0.228. The van der Waals surface area contributed by atoms with Gasteiger partial charge >= 0.3 is 0 Å². The van der Waals surface area contributed by atoms with E-state index in [0.717, 1.165) is 30.4 Å². The minimum atomic E-state index is -0.364. The van der Waals surface area contributed by atoms with Gasteiger partial charge in [-0.2, -0.15) is 0 Å². The maximum atomic E-state index is 11.6. The number of benzene rings is 1. The number of hydrogen-bond acceptors (Lipinski definition) is 3. The molecule has 0 heterocycles. The summed E-state index contributed by atoms with van der Waals surface area (Å²) in [6.45, 7) is 3.82. The Morgan fingerprint density at radius 3 is 2.35 bits per heavy atom. The van der Waals surface area contributed by atoms with Gasteiger partial charge in [0.25, 0.3) is 5.91 Å². The van der Waals surface area contributed by atoms with Crippen LogP contribution in [0.5, 0.6) is 5.75 Å². The van der Waals surface area contributed by atoms with Gasteiger partial charge in [0.15, 0.2) is 6.61 Å². The summed E-state index contributed by atoms with van der Waals surface area (Å²) in [7, 11) is 0. The lowest BCUT2D eigenvalue weighted by Crippen LogP contribution is -2.47. The number of ether oxygens (including phenoxy) is 1. The maximum Gasteiger partial charge on any atom is 0.276 e.